The smallest absolute Gasteiger partial charge is 0.238 e. The summed E-state index contributed by atoms with van der Waals surface area (Å²) in [4.78, 5) is 20.6. The van der Waals surface area contributed by atoms with Gasteiger partial charge >= 0.3 is 0 Å². The zero-order chi connectivity index (χ0) is 19.3. The fraction of sp³-hybridized carbons (Fsp3) is 0.143. The Morgan fingerprint density at radius 2 is 1.82 bits per heavy atom. The summed E-state index contributed by atoms with van der Waals surface area (Å²) in [5.41, 5.74) is 4.65. The first-order chi connectivity index (χ1) is 13.6. The molecule has 0 unspecified atom stereocenters. The highest BCUT2D eigenvalue weighted by molar-refractivity contribution is 5.92. The van der Waals surface area contributed by atoms with Crippen LogP contribution in [-0.4, -0.2) is 43.2 Å². The Bertz CT molecular complexity index is 1310. The van der Waals surface area contributed by atoms with Crippen LogP contribution in [-0.2, 0) is 7.05 Å². The predicted molar refractivity (Wildman–Crippen MR) is 111 cm³/mol. The van der Waals surface area contributed by atoms with Crippen LogP contribution in [0.5, 0.6) is 0 Å². The molecule has 138 valence electrons. The fourth-order valence-corrected chi connectivity index (χ4v) is 3.38. The molecule has 0 fully saturated rings. The maximum Gasteiger partial charge on any atom is 0.238 e. The molecule has 7 heteroatoms. The van der Waals surface area contributed by atoms with E-state index in [1.54, 1.807) is 6.33 Å². The summed E-state index contributed by atoms with van der Waals surface area (Å²) in [6, 6.07) is 14.1. The highest BCUT2D eigenvalue weighted by Gasteiger charge is 2.15. The number of pyridine rings is 1. The number of para-hydroxylation sites is 2. The second kappa shape index (κ2) is 6.16. The third kappa shape index (κ3) is 2.51. The van der Waals surface area contributed by atoms with Crippen LogP contribution in [0.1, 0.15) is 0 Å². The van der Waals surface area contributed by atoms with Crippen molar-refractivity contribution in [1.82, 2.24) is 29.1 Å². The Labute approximate surface area is 161 Å². The van der Waals surface area contributed by atoms with Crippen LogP contribution in [0, 0.1) is 0 Å². The monoisotopic (exact) mass is 369 g/mol. The average Bonchev–Trinajstić information content (AvgIpc) is 3.31. The van der Waals surface area contributed by atoms with Crippen molar-refractivity contribution in [3.63, 3.8) is 0 Å². The van der Waals surface area contributed by atoms with E-state index in [0.29, 0.717) is 5.95 Å². The van der Waals surface area contributed by atoms with Crippen molar-refractivity contribution in [1.29, 1.82) is 0 Å². The molecule has 0 aliphatic heterocycles. The van der Waals surface area contributed by atoms with Crippen LogP contribution < -0.4 is 4.90 Å². The number of hydrogen-bond acceptors (Lipinski definition) is 5. The van der Waals surface area contributed by atoms with Gasteiger partial charge in [-0.05, 0) is 30.3 Å². The van der Waals surface area contributed by atoms with Gasteiger partial charge in [0.05, 0.1) is 16.7 Å². The molecule has 0 amide bonds. The highest BCUT2D eigenvalue weighted by atomic mass is 15.2. The van der Waals surface area contributed by atoms with Crippen LogP contribution in [0.15, 0.2) is 61.2 Å². The normalized spacial score (nSPS) is 11.4. The molecular weight excluding hydrogens is 350 g/mol. The lowest BCUT2D eigenvalue weighted by Gasteiger charge is -2.13. The summed E-state index contributed by atoms with van der Waals surface area (Å²) >= 11 is 0. The number of hydrogen-bond donors (Lipinski definition) is 0. The van der Waals surface area contributed by atoms with Crippen molar-refractivity contribution in [2.24, 2.45) is 7.05 Å². The quantitative estimate of drug-likeness (QED) is 0.487. The van der Waals surface area contributed by atoms with Gasteiger partial charge < -0.3 is 9.47 Å². The minimum Gasteiger partial charge on any atom is -0.363 e. The number of aromatic nitrogens is 6. The van der Waals surface area contributed by atoms with Gasteiger partial charge in [-0.2, -0.15) is 4.98 Å². The molecule has 5 rings (SSSR count). The van der Waals surface area contributed by atoms with Gasteiger partial charge in [-0.15, -0.1) is 0 Å². The third-order valence-corrected chi connectivity index (χ3v) is 4.86. The SMILES string of the molecule is CN(C)c1cc(-c2nc(-n3cnc4ccccc43)nc3c2ccn3C)ccn1. The second-order valence-corrected chi connectivity index (χ2v) is 6.94. The molecule has 0 aliphatic rings. The molecule has 4 aromatic heterocycles. The maximum atomic E-state index is 4.93. The summed E-state index contributed by atoms with van der Waals surface area (Å²) in [6.07, 6.45) is 5.59. The molecule has 1 aromatic carbocycles. The van der Waals surface area contributed by atoms with Gasteiger partial charge in [0.2, 0.25) is 5.95 Å². The first kappa shape index (κ1) is 16.4. The summed E-state index contributed by atoms with van der Waals surface area (Å²) < 4.78 is 3.94. The third-order valence-electron chi connectivity index (χ3n) is 4.86. The molecule has 0 saturated heterocycles. The molecule has 0 atom stereocenters. The van der Waals surface area contributed by atoms with Gasteiger partial charge in [0, 0.05) is 44.5 Å². The van der Waals surface area contributed by atoms with E-state index in [0.717, 1.165) is 39.1 Å². The Morgan fingerprint density at radius 3 is 2.68 bits per heavy atom. The van der Waals surface area contributed by atoms with Crippen LogP contribution in [0.2, 0.25) is 0 Å². The highest BCUT2D eigenvalue weighted by Crippen LogP contribution is 2.29. The minimum atomic E-state index is 0.598. The van der Waals surface area contributed by atoms with Crippen LogP contribution in [0.4, 0.5) is 5.82 Å². The number of aryl methyl sites for hydroxylation is 1. The van der Waals surface area contributed by atoms with E-state index in [2.05, 4.69) is 16.0 Å². The molecular formula is C21H19N7. The molecule has 0 spiro atoms. The van der Waals surface area contributed by atoms with Gasteiger partial charge in [0.25, 0.3) is 0 Å². The topological polar surface area (TPSA) is 64.7 Å². The van der Waals surface area contributed by atoms with Gasteiger partial charge in [-0.25, -0.2) is 15.0 Å². The van der Waals surface area contributed by atoms with E-state index in [1.807, 2.05) is 84.0 Å². The zero-order valence-corrected chi connectivity index (χ0v) is 15.9. The largest absolute Gasteiger partial charge is 0.363 e. The Morgan fingerprint density at radius 1 is 0.964 bits per heavy atom. The van der Waals surface area contributed by atoms with E-state index in [-0.39, 0.29) is 0 Å². The van der Waals surface area contributed by atoms with Crippen LogP contribution in [0.3, 0.4) is 0 Å². The second-order valence-electron chi connectivity index (χ2n) is 6.94. The molecule has 5 aromatic rings. The first-order valence-electron chi connectivity index (χ1n) is 9.01. The van der Waals surface area contributed by atoms with Gasteiger partial charge in [-0.3, -0.25) is 4.57 Å². The van der Waals surface area contributed by atoms with Crippen molar-refractivity contribution in [3.8, 4) is 17.2 Å². The lowest BCUT2D eigenvalue weighted by atomic mass is 10.1. The lowest BCUT2D eigenvalue weighted by molar-refractivity contribution is 0.912. The number of rotatable bonds is 3. The fourth-order valence-electron chi connectivity index (χ4n) is 3.38. The molecule has 0 aliphatic carbocycles. The number of imidazole rings is 1. The maximum absolute atomic E-state index is 4.93. The molecule has 7 nitrogen and oxygen atoms in total. The Hall–Kier alpha value is -3.74. The van der Waals surface area contributed by atoms with Crippen LogP contribution >= 0.6 is 0 Å². The predicted octanol–water partition coefficient (Wildman–Crippen LogP) is 3.44. The van der Waals surface area contributed by atoms with Gasteiger partial charge in [-0.1, -0.05) is 12.1 Å². The van der Waals surface area contributed by atoms with E-state index in [1.165, 1.54) is 0 Å². The zero-order valence-electron chi connectivity index (χ0n) is 15.9. The van der Waals surface area contributed by atoms with Crippen molar-refractivity contribution in [2.45, 2.75) is 0 Å². The number of anilines is 1. The van der Waals surface area contributed by atoms with E-state index in [9.17, 15) is 0 Å². The molecule has 0 radical (unpaired) electrons. The molecule has 4 heterocycles. The number of benzene rings is 1. The van der Waals surface area contributed by atoms with E-state index in [4.69, 9.17) is 9.97 Å². The lowest BCUT2D eigenvalue weighted by Crippen LogP contribution is -2.10. The number of nitrogens with zero attached hydrogens (tertiary/aromatic N) is 7. The summed E-state index contributed by atoms with van der Waals surface area (Å²) in [5.74, 6) is 1.48. The Kier molecular flexibility index (Phi) is 3.61. The minimum absolute atomic E-state index is 0.598. The van der Waals surface area contributed by atoms with Crippen LogP contribution in [0.25, 0.3) is 39.3 Å². The molecule has 0 saturated carbocycles. The van der Waals surface area contributed by atoms with E-state index < -0.39 is 0 Å². The number of fused-ring (bicyclic) bond motifs is 2. The molecule has 0 bridgehead atoms. The van der Waals surface area contributed by atoms with Crippen molar-refractivity contribution < 1.29 is 0 Å². The Balaban J connectivity index is 1.79. The van der Waals surface area contributed by atoms with Gasteiger partial charge in [0.1, 0.15) is 17.8 Å². The standard InChI is InChI=1S/C21H19N7/c1-26(2)18-12-14(8-10-22-18)19-15-9-11-27(3)20(15)25-21(24-19)28-13-23-16-6-4-5-7-17(16)28/h4-13H,1-3H3. The molecule has 28 heavy (non-hydrogen) atoms. The first-order valence-corrected chi connectivity index (χ1v) is 9.01. The summed E-state index contributed by atoms with van der Waals surface area (Å²) in [6.45, 7) is 0. The van der Waals surface area contributed by atoms with Crippen molar-refractivity contribution >= 4 is 27.9 Å². The summed E-state index contributed by atoms with van der Waals surface area (Å²) in [5, 5.41) is 1.01. The average molecular weight is 369 g/mol. The van der Waals surface area contributed by atoms with E-state index >= 15 is 0 Å². The van der Waals surface area contributed by atoms with Crippen molar-refractivity contribution in [3.05, 3.63) is 61.2 Å². The van der Waals surface area contributed by atoms with Gasteiger partial charge in [0.15, 0.2) is 0 Å². The summed E-state index contributed by atoms with van der Waals surface area (Å²) in [7, 11) is 5.95. The molecule has 0 N–H and O–H groups in total. The van der Waals surface area contributed by atoms with Crippen molar-refractivity contribution in [2.75, 3.05) is 19.0 Å².